The van der Waals surface area contributed by atoms with Gasteiger partial charge in [-0.1, -0.05) is 116 Å². The molecule has 3 aromatic carbocycles. The number of rotatable bonds is 38. The van der Waals surface area contributed by atoms with Crippen molar-refractivity contribution in [1.29, 1.82) is 0 Å². The summed E-state index contributed by atoms with van der Waals surface area (Å²) in [6.07, 6.45) is 12.5. The second-order valence-electron chi connectivity index (χ2n) is 34.3. The number of primary amides is 1. The zero-order chi connectivity index (χ0) is 92.1. The molecule has 35 nitrogen and oxygen atoms in total. The van der Waals surface area contributed by atoms with Crippen LogP contribution in [0.25, 0.3) is 22.1 Å². The van der Waals surface area contributed by atoms with Gasteiger partial charge < -0.3 is 86.7 Å². The molecule has 690 valence electrons. The zero-order valence-corrected chi connectivity index (χ0v) is 74.4. The molecular weight excluding hydrogens is 1680 g/mol. The van der Waals surface area contributed by atoms with Crippen molar-refractivity contribution in [1.82, 2.24) is 45.4 Å². The van der Waals surface area contributed by atoms with Gasteiger partial charge in [-0.3, -0.25) is 48.3 Å². The molecule has 3 aromatic heterocycles. The number of piperidine rings is 1. The van der Waals surface area contributed by atoms with Gasteiger partial charge in [0.05, 0.1) is 61.9 Å². The first kappa shape index (κ1) is 99.5. The van der Waals surface area contributed by atoms with E-state index in [0.29, 0.717) is 107 Å². The van der Waals surface area contributed by atoms with E-state index in [1.54, 1.807) is 25.4 Å². The maximum absolute atomic E-state index is 15.2. The number of hydrogen-bond donors (Lipinski definition) is 13. The summed E-state index contributed by atoms with van der Waals surface area (Å²) in [5, 5.41) is 83.4. The minimum absolute atomic E-state index is 0.0380. The van der Waals surface area contributed by atoms with Crippen LogP contribution >= 0.6 is 21.6 Å². The van der Waals surface area contributed by atoms with Crippen molar-refractivity contribution >= 4 is 109 Å². The summed E-state index contributed by atoms with van der Waals surface area (Å²) in [7, 11) is 5.97. The predicted octanol–water partition coefficient (Wildman–Crippen LogP) is 5.65. The Bertz CT molecular complexity index is 5000. The molecule has 6 aliphatic heterocycles. The molecular formula is C90H120N12O23S2. The van der Waals surface area contributed by atoms with Gasteiger partial charge in [0.1, 0.15) is 30.7 Å². The molecule has 1 spiro atoms. The van der Waals surface area contributed by atoms with Gasteiger partial charge in [0.2, 0.25) is 17.8 Å². The summed E-state index contributed by atoms with van der Waals surface area (Å²) >= 11 is 0. The molecule has 4 unspecified atom stereocenters. The number of hydrogen-bond acceptors (Lipinski definition) is 31. The molecule has 1 saturated carbocycles. The molecule has 3 amide bonds. The summed E-state index contributed by atoms with van der Waals surface area (Å²) < 4.78 is 22.9. The SMILES string of the molecule is CC[C@]1(O)C[C@H]2CN(CCc3c([nH]c4ccccc34)[C@@](C)(c3cc4c(cc3OC)N(C)[C@H]3[C@@](O)(C(=O)CNC(=O)OCCSSC[C@@H](CC(=O)[C@H](C)NC(=O)CCCCC(=O)c5ccc(CCc6cnc7nc(N)[nH]c(=O)c7n6)cc5)C(=O)O)[C@H](O)[C@]5(CC)C=CCN6CC[C@]43[C@@H]65)C2)C1.NC(=O)CCCCCCCCOC1C[C@@H](O)C(O)C(CO)O1.O=C=O.O=C=O. The average Bonchev–Trinajstić information content (AvgIpc) is 1.45. The monoisotopic (exact) mass is 1800 g/mol. The molecule has 13 rings (SSSR count). The van der Waals surface area contributed by atoms with Gasteiger partial charge in [-0.2, -0.15) is 24.2 Å². The molecule has 9 heterocycles. The number of methoxy groups -OCH3 is 1. The highest BCUT2D eigenvalue weighted by atomic mass is 33.1. The molecule has 3 saturated heterocycles. The Balaban J connectivity index is 0.000000516. The Kier molecular flexibility index (Phi) is 35.3. The molecule has 37 heteroatoms. The summed E-state index contributed by atoms with van der Waals surface area (Å²) in [4.78, 5) is 161. The maximum atomic E-state index is 15.2. The lowest BCUT2D eigenvalue weighted by atomic mass is 9.47. The molecule has 16 atom stereocenters. The summed E-state index contributed by atoms with van der Waals surface area (Å²) in [6.45, 7) is 10.8. The third-order valence-corrected chi connectivity index (χ3v) is 28.7. The number of ether oxygens (including phenoxy) is 4. The minimum atomic E-state index is -2.42. The number of anilines is 2. The third kappa shape index (κ3) is 23.0. The van der Waals surface area contributed by atoms with E-state index in [9.17, 15) is 64.2 Å². The highest BCUT2D eigenvalue weighted by Gasteiger charge is 2.78. The Morgan fingerprint density at radius 2 is 1.55 bits per heavy atom. The highest BCUT2D eigenvalue weighted by Crippen LogP contribution is 2.68. The fourth-order valence-electron chi connectivity index (χ4n) is 20.1. The van der Waals surface area contributed by atoms with Crippen molar-refractivity contribution in [3.05, 3.63) is 129 Å². The van der Waals surface area contributed by atoms with Crippen LogP contribution in [0.15, 0.2) is 83.8 Å². The molecule has 6 aromatic rings. The van der Waals surface area contributed by atoms with Gasteiger partial charge in [0.25, 0.3) is 5.56 Å². The number of ketones is 3. The Morgan fingerprint density at radius 1 is 0.843 bits per heavy atom. The number of nitrogens with two attached hydrogens (primary N) is 2. The minimum Gasteiger partial charge on any atom is -0.496 e. The van der Waals surface area contributed by atoms with E-state index in [-0.39, 0.29) is 103 Å². The Morgan fingerprint density at radius 3 is 2.25 bits per heavy atom. The van der Waals surface area contributed by atoms with Crippen LogP contribution in [0, 0.1) is 17.3 Å². The number of aliphatic carboxylic acids is 1. The molecule has 0 radical (unpaired) electrons. The number of aryl methyl sites for hydroxylation is 2. The van der Waals surface area contributed by atoms with E-state index in [1.807, 2.05) is 49.2 Å². The van der Waals surface area contributed by atoms with E-state index in [2.05, 4.69) is 89.5 Å². The number of Topliss-reactive ketones (excluding diaryl/α,β-unsaturated/α-hetero) is 3. The number of amides is 3. The average molecular weight is 1800 g/mol. The lowest BCUT2D eigenvalue weighted by Gasteiger charge is -2.63. The van der Waals surface area contributed by atoms with Crippen molar-refractivity contribution < 1.29 is 107 Å². The van der Waals surface area contributed by atoms with Crippen LogP contribution in [-0.2, 0) is 87.5 Å². The van der Waals surface area contributed by atoms with E-state index in [0.717, 1.165) is 97.0 Å². The molecule has 4 fully saturated rings. The van der Waals surface area contributed by atoms with Gasteiger partial charge >= 0.3 is 24.4 Å². The fraction of sp³-hybridized carbons (Fsp3) is 0.589. The molecule has 127 heavy (non-hydrogen) atoms. The maximum Gasteiger partial charge on any atom is 0.407 e. The number of fused-ring (bicyclic) bond motifs is 7. The van der Waals surface area contributed by atoms with E-state index < -0.39 is 118 Å². The number of aromatic amines is 2. The number of alkyl carbamates (subject to hydrolysis) is 1. The second kappa shape index (κ2) is 45.0. The first-order chi connectivity index (χ1) is 60.8. The number of carbonyl (C=O) groups is 7. The van der Waals surface area contributed by atoms with Crippen molar-refractivity contribution in [3.63, 3.8) is 0 Å². The summed E-state index contributed by atoms with van der Waals surface area (Å²) in [5.41, 5.74) is 12.8. The smallest absolute Gasteiger partial charge is 0.407 e. The first-order valence-electron chi connectivity index (χ1n) is 43.5. The van der Waals surface area contributed by atoms with Gasteiger partial charge in [-0.05, 0) is 132 Å². The van der Waals surface area contributed by atoms with Crippen LogP contribution in [0.4, 0.5) is 16.4 Å². The number of benzene rings is 3. The number of aliphatic hydroxyl groups excluding tert-OH is 4. The number of carbonyl (C=O) groups excluding carboxylic acids is 10. The van der Waals surface area contributed by atoms with Gasteiger partial charge in [0.15, 0.2) is 40.4 Å². The number of unbranched alkanes of at least 4 members (excludes halogenated alkanes) is 6. The molecule has 2 bridgehead atoms. The second-order valence-corrected chi connectivity index (χ2v) is 37.0. The number of nitrogens with one attached hydrogen (secondary N) is 4. The van der Waals surface area contributed by atoms with Crippen molar-refractivity contribution in [2.45, 2.75) is 233 Å². The number of nitrogens with zero attached hydrogens (tertiary/aromatic N) is 6. The van der Waals surface area contributed by atoms with Crippen LogP contribution in [-0.4, -0.2) is 269 Å². The number of carboxylic acids is 1. The Hall–Kier alpha value is -9.69. The quantitative estimate of drug-likeness (QED) is 0.00963. The molecule has 7 aliphatic rings. The standard InChI is InChI=1S/C73H91N11O13S2.C15H29NO6.2CO2/c1-7-70(94)36-44-35-69(4,60-49(24-28-83(39-44)41-70)48-14-9-10-15-52(48)79-60)51-33-50-53(34-56(51)96-6)82(5)65-72(50)26-29-84-27-13-25-71(8-2,64(72)84)66(92)73(65,95)57(87)38-76-68(93)97-30-31-98-99-40-46(63(90)91)32-55(86)42(3)77-58(88)17-12-11-16-54(85)45-21-18-43(19-22-45)20-23-47-37-75-61-59(78-47)62(89)81-67(74)80-61;16-13(19)7-5-3-1-2-4-6-8-21-14-9-11(18)15(20)12(10-17)22-14;2*2-1-3/h9-10,13-15,18-19,21-22,25,33-34,37,42,44,46,64-66,79,92,94-95H,7-8,11-12,16-17,20,23-24,26-32,35-36,38-41H2,1-6H3,(H,76,93)(H,77,88)(H,90,91)(H3,74,75,80,81,89);11-12,14-15,17-18,20H,1-10H2,(H2,16,19);;/t42-,44-,46+,64-,65+,66+,69+,70-,71+,72+,73-;11-,12?,14?,15?;;/m01../s1. The van der Waals surface area contributed by atoms with E-state index >= 15 is 4.79 Å². The summed E-state index contributed by atoms with van der Waals surface area (Å²) in [5.74, 6) is -3.18. The normalized spacial score (nSPS) is 26.4. The van der Waals surface area contributed by atoms with Crippen LogP contribution in [0.5, 0.6) is 5.75 Å². The number of H-pyrrole nitrogens is 2. The molecule has 15 N–H and O–H groups in total. The zero-order valence-electron chi connectivity index (χ0n) is 72.7. The lowest BCUT2D eigenvalue weighted by Crippen LogP contribution is -2.81. The number of carboxylic acid groups (broad SMARTS) is 1. The largest absolute Gasteiger partial charge is 0.496 e. The van der Waals surface area contributed by atoms with Crippen LogP contribution < -0.4 is 37.3 Å². The predicted molar refractivity (Wildman–Crippen MR) is 469 cm³/mol. The van der Waals surface area contributed by atoms with Crippen molar-refractivity contribution in [2.24, 2.45) is 23.0 Å². The van der Waals surface area contributed by atoms with Gasteiger partial charge in [-0.15, -0.1) is 0 Å². The molecule has 1 aliphatic carbocycles. The van der Waals surface area contributed by atoms with Crippen LogP contribution in [0.1, 0.15) is 187 Å². The van der Waals surface area contributed by atoms with Crippen LogP contribution in [0.3, 0.4) is 0 Å². The lowest BCUT2D eigenvalue weighted by molar-refractivity contribution is -0.256. The number of likely N-dealkylation sites (N-methyl/N-ethyl adjacent to an activating group) is 1. The van der Waals surface area contributed by atoms with Crippen LogP contribution in [0.2, 0.25) is 0 Å². The fourth-order valence-corrected chi connectivity index (χ4v) is 22.3. The highest BCUT2D eigenvalue weighted by molar-refractivity contribution is 8.76. The van der Waals surface area contributed by atoms with Gasteiger partial charge in [-0.25, -0.2) is 14.8 Å². The number of nitrogen functional groups attached to an aromatic ring is 1. The van der Waals surface area contributed by atoms with E-state index in [1.165, 1.54) is 34.1 Å². The topological polar surface area (TPSA) is 539 Å². The summed E-state index contributed by atoms with van der Waals surface area (Å²) in [6, 6.07) is 17.7. The van der Waals surface area contributed by atoms with Gasteiger partial charge in [0, 0.05) is 145 Å². The number of aliphatic hydroxyl groups is 6. The number of para-hydroxylation sites is 1. The third-order valence-electron chi connectivity index (χ3n) is 26.2. The number of aromatic nitrogens is 5. The van der Waals surface area contributed by atoms with Crippen molar-refractivity contribution in [3.8, 4) is 5.75 Å². The van der Waals surface area contributed by atoms with E-state index in [4.69, 9.17) is 54.7 Å². The Labute approximate surface area is 743 Å². The van der Waals surface area contributed by atoms with Crippen molar-refractivity contribution in [2.75, 3.05) is 95.4 Å². The first-order valence-corrected chi connectivity index (χ1v) is 46.0.